The summed E-state index contributed by atoms with van der Waals surface area (Å²) in [6.07, 6.45) is -0.509. The van der Waals surface area contributed by atoms with Crippen LogP contribution in [0.5, 0.6) is 0 Å². The van der Waals surface area contributed by atoms with Crippen molar-refractivity contribution in [1.82, 2.24) is 9.97 Å². The van der Waals surface area contributed by atoms with Crippen molar-refractivity contribution in [2.45, 2.75) is 44.2 Å². The Morgan fingerprint density at radius 2 is 2.43 bits per heavy atom. The van der Waals surface area contributed by atoms with Gasteiger partial charge in [0, 0.05) is 22.9 Å². The molecule has 0 N–H and O–H groups in total. The molecule has 0 aromatic carbocycles. The van der Waals surface area contributed by atoms with E-state index in [0.717, 1.165) is 30.6 Å². The van der Waals surface area contributed by atoms with E-state index in [2.05, 4.69) is 9.97 Å². The lowest BCUT2D eigenvalue weighted by Gasteiger charge is -2.24. The van der Waals surface area contributed by atoms with Gasteiger partial charge in [0.25, 0.3) is 0 Å². The highest BCUT2D eigenvalue weighted by molar-refractivity contribution is 7.19. The molecule has 0 amide bonds. The van der Waals surface area contributed by atoms with Gasteiger partial charge in [-0.3, -0.25) is 0 Å². The molecule has 3 heterocycles. The normalized spacial score (nSPS) is 33.0. The van der Waals surface area contributed by atoms with E-state index in [4.69, 9.17) is 26.6 Å². The average molecular weight is 329 g/mol. The van der Waals surface area contributed by atoms with Crippen molar-refractivity contribution in [3.63, 3.8) is 0 Å². The monoisotopic (exact) mass is 328 g/mol. The number of rotatable bonds is 3. The number of fused-ring (bicyclic) bond motifs is 3. The Balaban J connectivity index is 1.74. The summed E-state index contributed by atoms with van der Waals surface area (Å²) >= 11 is 7.37. The summed E-state index contributed by atoms with van der Waals surface area (Å²) in [5.74, 6) is -0.791. The number of nitrogens with zero attached hydrogens (tertiary/aromatic N) is 2. The second-order valence-corrected chi connectivity index (χ2v) is 6.50. The fraction of sp³-hybridized carbons (Fsp3) is 0.600. The number of halogens is 1. The van der Waals surface area contributed by atoms with Gasteiger partial charge >= 0.3 is 0 Å². The van der Waals surface area contributed by atoms with Gasteiger partial charge in [-0.05, 0) is 37.6 Å². The van der Waals surface area contributed by atoms with Crippen LogP contribution in [0.25, 0.3) is 10.2 Å². The largest absolute Gasteiger partial charge is 0.353 e. The molecule has 2 aromatic heterocycles. The van der Waals surface area contributed by atoms with Gasteiger partial charge in [-0.2, -0.15) is 0 Å². The first-order valence-electron chi connectivity index (χ1n) is 9.00. The van der Waals surface area contributed by atoms with E-state index < -0.39 is 18.7 Å². The number of hydrogen-bond acceptors (Lipinski definition) is 5. The molecule has 0 bridgehead atoms. The van der Waals surface area contributed by atoms with Gasteiger partial charge < -0.3 is 9.47 Å². The smallest absolute Gasteiger partial charge is 0.157 e. The number of hydrogen-bond donors (Lipinski definition) is 0. The summed E-state index contributed by atoms with van der Waals surface area (Å²) in [6, 6.07) is 0. The van der Waals surface area contributed by atoms with Crippen molar-refractivity contribution in [3.05, 3.63) is 21.9 Å². The standard InChI is InChI=1S/C15H17ClN2O2S/c16-14-13-12-9(7-20-11-3-1-2-6-19-11)4-5-10(12)21-15(13)18-8-17-14/h8-9,11H,1-7H2/t9-,11?/m1/s1/i4D2,5D2. The van der Waals surface area contributed by atoms with E-state index in [1.54, 1.807) is 0 Å². The molecule has 6 heteroatoms. The van der Waals surface area contributed by atoms with Crippen LogP contribution in [0.3, 0.4) is 0 Å². The van der Waals surface area contributed by atoms with Crippen LogP contribution in [0.4, 0.5) is 0 Å². The summed E-state index contributed by atoms with van der Waals surface area (Å²) in [5.41, 5.74) is 0.538. The Labute approximate surface area is 138 Å². The number of aromatic nitrogens is 2. The lowest BCUT2D eigenvalue weighted by atomic mass is 10.0. The summed E-state index contributed by atoms with van der Waals surface area (Å²) in [5, 5.41) is 0.752. The summed E-state index contributed by atoms with van der Waals surface area (Å²) < 4.78 is 44.9. The molecule has 4 rings (SSSR count). The van der Waals surface area contributed by atoms with Gasteiger partial charge in [0.05, 0.1) is 12.0 Å². The lowest BCUT2D eigenvalue weighted by molar-refractivity contribution is -0.164. The van der Waals surface area contributed by atoms with E-state index in [1.165, 1.54) is 6.33 Å². The van der Waals surface area contributed by atoms with Crippen LogP contribution < -0.4 is 0 Å². The Bertz CT molecular complexity index is 810. The van der Waals surface area contributed by atoms with Crippen LogP contribution in [-0.4, -0.2) is 29.5 Å². The molecule has 0 radical (unpaired) electrons. The maximum absolute atomic E-state index is 8.41. The Morgan fingerprint density at radius 3 is 3.29 bits per heavy atom. The molecule has 0 spiro atoms. The third kappa shape index (κ3) is 2.57. The second kappa shape index (κ2) is 5.80. The van der Waals surface area contributed by atoms with Gasteiger partial charge in [-0.15, -0.1) is 11.3 Å². The molecule has 1 unspecified atom stereocenters. The molecule has 0 saturated carbocycles. The molecule has 2 aliphatic rings. The molecular weight excluding hydrogens is 308 g/mol. The summed E-state index contributed by atoms with van der Waals surface area (Å²) in [6.45, 7) is 0.663. The van der Waals surface area contributed by atoms with Gasteiger partial charge in [0.1, 0.15) is 16.3 Å². The molecule has 2 aromatic rings. The first-order chi connectivity index (χ1) is 11.8. The molecule has 1 saturated heterocycles. The molecule has 1 aliphatic heterocycles. The van der Waals surface area contributed by atoms with Gasteiger partial charge in [0.15, 0.2) is 6.29 Å². The number of thiophene rings is 1. The highest BCUT2D eigenvalue weighted by atomic mass is 35.5. The Kier molecular flexibility index (Phi) is 2.79. The highest BCUT2D eigenvalue weighted by Crippen LogP contribution is 2.45. The van der Waals surface area contributed by atoms with E-state index in [1.807, 2.05) is 0 Å². The van der Waals surface area contributed by atoms with Crippen molar-refractivity contribution in [3.8, 4) is 0 Å². The predicted molar refractivity (Wildman–Crippen MR) is 83.0 cm³/mol. The van der Waals surface area contributed by atoms with Crippen LogP contribution in [-0.2, 0) is 15.8 Å². The predicted octanol–water partition coefficient (Wildman–Crippen LogP) is 3.92. The molecule has 2 atom stereocenters. The Morgan fingerprint density at radius 1 is 1.48 bits per heavy atom. The van der Waals surface area contributed by atoms with Crippen molar-refractivity contribution in [2.24, 2.45) is 0 Å². The third-order valence-electron chi connectivity index (χ3n) is 3.77. The Hall–Kier alpha value is -0.750. The zero-order valence-corrected chi connectivity index (χ0v) is 12.8. The first-order valence-corrected chi connectivity index (χ1v) is 8.20. The fourth-order valence-electron chi connectivity index (χ4n) is 2.74. The van der Waals surface area contributed by atoms with E-state index >= 15 is 0 Å². The van der Waals surface area contributed by atoms with Crippen molar-refractivity contribution < 1.29 is 15.0 Å². The van der Waals surface area contributed by atoms with Crippen LogP contribution in [0.15, 0.2) is 6.33 Å². The van der Waals surface area contributed by atoms with E-state index in [-0.39, 0.29) is 18.1 Å². The number of ether oxygens (including phenoxy) is 2. The SMILES string of the molecule is [2H]C1([2H])c2sc3ncnc(Cl)c3c2[C@@H](COC2CCCCO2)C1([2H])[2H]. The fourth-order valence-corrected chi connectivity index (χ4v) is 4.10. The summed E-state index contributed by atoms with van der Waals surface area (Å²) in [7, 11) is 0. The molecule has 21 heavy (non-hydrogen) atoms. The second-order valence-electron chi connectivity index (χ2n) is 5.14. The zero-order valence-electron chi connectivity index (χ0n) is 15.3. The maximum Gasteiger partial charge on any atom is 0.157 e. The van der Waals surface area contributed by atoms with Crippen LogP contribution in [0.2, 0.25) is 5.15 Å². The maximum atomic E-state index is 8.41. The topological polar surface area (TPSA) is 44.2 Å². The zero-order chi connectivity index (χ0) is 17.8. The molecule has 4 nitrogen and oxygen atoms in total. The molecule has 112 valence electrons. The minimum atomic E-state index is -2.14. The van der Waals surface area contributed by atoms with Gasteiger partial charge in [-0.1, -0.05) is 11.6 Å². The quantitative estimate of drug-likeness (QED) is 0.801. The average Bonchev–Trinajstić information content (AvgIpc) is 3.02. The highest BCUT2D eigenvalue weighted by Gasteiger charge is 2.30. The van der Waals surface area contributed by atoms with Gasteiger partial charge in [-0.25, -0.2) is 9.97 Å². The van der Waals surface area contributed by atoms with Crippen molar-refractivity contribution in [1.29, 1.82) is 0 Å². The molecule has 1 aliphatic carbocycles. The van der Waals surface area contributed by atoms with Crippen molar-refractivity contribution in [2.75, 3.05) is 13.2 Å². The van der Waals surface area contributed by atoms with Crippen LogP contribution >= 0.6 is 22.9 Å². The minimum Gasteiger partial charge on any atom is -0.353 e. The lowest BCUT2D eigenvalue weighted by Crippen LogP contribution is -2.24. The van der Waals surface area contributed by atoms with Crippen LogP contribution in [0.1, 0.15) is 47.5 Å². The van der Waals surface area contributed by atoms with Gasteiger partial charge in [0.2, 0.25) is 0 Å². The summed E-state index contributed by atoms with van der Waals surface area (Å²) in [4.78, 5) is 9.06. The minimum absolute atomic E-state index is 0.0290. The third-order valence-corrected chi connectivity index (χ3v) is 5.09. The van der Waals surface area contributed by atoms with E-state index in [9.17, 15) is 0 Å². The molecular formula is C15H17ClN2O2S. The van der Waals surface area contributed by atoms with Crippen LogP contribution in [0, 0.1) is 0 Å². The molecule has 1 fully saturated rings. The van der Waals surface area contributed by atoms with Crippen molar-refractivity contribution >= 4 is 33.2 Å². The van der Waals surface area contributed by atoms with E-state index in [0.29, 0.717) is 27.3 Å². The first kappa shape index (κ1) is 10.1. The number of aryl methyl sites for hydroxylation is 1.